The monoisotopic (exact) mass is 767 g/mol. The highest BCUT2D eigenvalue weighted by atomic mass is 15.2. The van der Waals surface area contributed by atoms with Crippen molar-refractivity contribution in [3.8, 4) is 40.1 Å². The van der Waals surface area contributed by atoms with Crippen LogP contribution in [0.25, 0.3) is 111 Å². The summed E-state index contributed by atoms with van der Waals surface area (Å²) in [6.07, 6.45) is 0. The Balaban J connectivity index is 1.11. The number of rotatable bonds is 5. The van der Waals surface area contributed by atoms with Crippen molar-refractivity contribution in [1.29, 1.82) is 0 Å². The maximum atomic E-state index is 5.21. The molecule has 8 aromatic carbocycles. The van der Waals surface area contributed by atoms with Gasteiger partial charge in [0.05, 0.1) is 38.6 Å². The first kappa shape index (κ1) is 32.8. The Morgan fingerprint density at radius 2 is 0.900 bits per heavy atom. The van der Waals surface area contributed by atoms with Crippen LogP contribution in [0.1, 0.15) is 0 Å². The Hall–Kier alpha value is -8.29. The van der Waals surface area contributed by atoms with E-state index in [0.29, 0.717) is 17.6 Å². The summed E-state index contributed by atoms with van der Waals surface area (Å²) < 4.78 is 9.43. The molecule has 280 valence electrons. The number of para-hydroxylation sites is 5. The average molecular weight is 768 g/mol. The minimum atomic E-state index is 0.570. The lowest BCUT2D eigenvalue weighted by Crippen LogP contribution is -2.06. The Bertz CT molecular complexity index is 3770. The lowest BCUT2D eigenvalue weighted by molar-refractivity contribution is 0.953. The van der Waals surface area contributed by atoms with E-state index in [2.05, 4.69) is 182 Å². The van der Waals surface area contributed by atoms with Crippen molar-refractivity contribution in [1.82, 2.24) is 33.1 Å². The number of imidazole rings is 1. The van der Waals surface area contributed by atoms with Crippen LogP contribution in [0.2, 0.25) is 0 Å². The van der Waals surface area contributed by atoms with Gasteiger partial charge in [0.15, 0.2) is 11.6 Å². The molecule has 7 heteroatoms. The largest absolute Gasteiger partial charge is 0.308 e. The summed E-state index contributed by atoms with van der Waals surface area (Å²) in [5.74, 6) is 1.82. The number of hydrogen-bond donors (Lipinski definition) is 0. The standard InChI is InChI=1S/C53H33N7/c1-3-16-34(17-4-1)51-54-52(35-18-5-2-6-19-35)56-53(55-51)60-44-27-12-9-24-41(44)49-47(60)31-30-40-39-23-8-11-26-43(39)58(50(40)49)38-22-15-21-37(33-38)57-45-28-13-14-29-46(45)59-42-25-10-7-20-36(42)32-48(57)59/h1-33H. The van der Waals surface area contributed by atoms with Gasteiger partial charge >= 0.3 is 0 Å². The Morgan fingerprint density at radius 3 is 1.62 bits per heavy atom. The van der Waals surface area contributed by atoms with E-state index in [-0.39, 0.29) is 0 Å². The third kappa shape index (κ3) is 4.68. The van der Waals surface area contributed by atoms with Gasteiger partial charge in [0.25, 0.3) is 0 Å². The highest BCUT2D eigenvalue weighted by Gasteiger charge is 2.23. The fraction of sp³-hybridized carbons (Fsp3) is 0. The van der Waals surface area contributed by atoms with E-state index in [0.717, 1.165) is 66.5 Å². The second kappa shape index (κ2) is 12.6. The van der Waals surface area contributed by atoms with Gasteiger partial charge in [-0.2, -0.15) is 9.97 Å². The summed E-state index contributed by atoms with van der Waals surface area (Å²) in [5, 5.41) is 5.86. The van der Waals surface area contributed by atoms with E-state index < -0.39 is 0 Å². The van der Waals surface area contributed by atoms with E-state index in [9.17, 15) is 0 Å². The molecule has 0 amide bonds. The number of nitrogens with zero attached hydrogens (tertiary/aromatic N) is 7. The molecule has 7 nitrogen and oxygen atoms in total. The summed E-state index contributed by atoms with van der Waals surface area (Å²) in [6.45, 7) is 0. The lowest BCUT2D eigenvalue weighted by Gasteiger charge is -2.13. The molecule has 0 fully saturated rings. The molecule has 5 heterocycles. The third-order valence-corrected chi connectivity index (χ3v) is 12.0. The molecule has 13 rings (SSSR count). The maximum Gasteiger partial charge on any atom is 0.238 e. The first-order chi connectivity index (χ1) is 29.8. The molecule has 13 aromatic rings. The average Bonchev–Trinajstić information content (AvgIpc) is 4.05. The number of aromatic nitrogens is 7. The number of benzene rings is 8. The zero-order valence-corrected chi connectivity index (χ0v) is 32.2. The van der Waals surface area contributed by atoms with E-state index in [1.165, 1.54) is 27.2 Å². The van der Waals surface area contributed by atoms with E-state index in [4.69, 9.17) is 15.0 Å². The molecule has 0 aliphatic heterocycles. The van der Waals surface area contributed by atoms with Crippen molar-refractivity contribution in [3.05, 3.63) is 200 Å². The van der Waals surface area contributed by atoms with Gasteiger partial charge in [-0.1, -0.05) is 140 Å². The second-order valence-electron chi connectivity index (χ2n) is 15.3. The van der Waals surface area contributed by atoms with Crippen molar-refractivity contribution in [2.24, 2.45) is 0 Å². The molecule has 0 saturated heterocycles. The summed E-state index contributed by atoms with van der Waals surface area (Å²) in [7, 11) is 0. The molecule has 5 aromatic heterocycles. The van der Waals surface area contributed by atoms with Crippen LogP contribution in [-0.2, 0) is 0 Å². The number of fused-ring (bicyclic) bond motifs is 12. The SMILES string of the molecule is c1ccc(-c2nc(-c3ccccc3)nc(-n3c4ccccc4c4c3ccc3c5ccccc5n(-c5cccc(-n6c7ccccc7n7c8ccccc8cc67)c5)c34)n2)cc1. The quantitative estimate of drug-likeness (QED) is 0.175. The van der Waals surface area contributed by atoms with Gasteiger partial charge in [-0.15, -0.1) is 0 Å². The third-order valence-electron chi connectivity index (χ3n) is 12.0. The topological polar surface area (TPSA) is 57.9 Å². The first-order valence-electron chi connectivity index (χ1n) is 20.2. The van der Waals surface area contributed by atoms with E-state index >= 15 is 0 Å². The van der Waals surface area contributed by atoms with Crippen LogP contribution in [-0.4, -0.2) is 33.1 Å². The lowest BCUT2D eigenvalue weighted by atomic mass is 10.1. The van der Waals surface area contributed by atoms with Crippen LogP contribution < -0.4 is 0 Å². The van der Waals surface area contributed by atoms with Crippen LogP contribution >= 0.6 is 0 Å². The highest BCUT2D eigenvalue weighted by molar-refractivity contribution is 6.26. The normalized spacial score (nSPS) is 12.0. The molecule has 0 N–H and O–H groups in total. The van der Waals surface area contributed by atoms with E-state index in [1.54, 1.807) is 0 Å². The fourth-order valence-corrected chi connectivity index (χ4v) is 9.46. The minimum Gasteiger partial charge on any atom is -0.308 e. The molecule has 0 unspecified atom stereocenters. The van der Waals surface area contributed by atoms with Crippen LogP contribution in [0, 0.1) is 0 Å². The highest BCUT2D eigenvalue weighted by Crippen LogP contribution is 2.42. The van der Waals surface area contributed by atoms with E-state index in [1.807, 2.05) is 36.4 Å². The second-order valence-corrected chi connectivity index (χ2v) is 15.3. The first-order valence-corrected chi connectivity index (χ1v) is 20.2. The van der Waals surface area contributed by atoms with Gasteiger partial charge in [0.1, 0.15) is 5.65 Å². The maximum absolute atomic E-state index is 5.21. The predicted octanol–water partition coefficient (Wildman–Crippen LogP) is 12.7. The van der Waals surface area contributed by atoms with Crippen molar-refractivity contribution < 1.29 is 0 Å². The summed E-state index contributed by atoms with van der Waals surface area (Å²) in [5.41, 5.74) is 13.0. The number of hydrogen-bond acceptors (Lipinski definition) is 3. The van der Waals surface area contributed by atoms with Crippen LogP contribution in [0.5, 0.6) is 0 Å². The summed E-state index contributed by atoms with van der Waals surface area (Å²) in [4.78, 5) is 15.4. The smallest absolute Gasteiger partial charge is 0.238 e. The molecule has 0 aliphatic carbocycles. The zero-order chi connectivity index (χ0) is 39.3. The summed E-state index contributed by atoms with van der Waals surface area (Å²) in [6, 6.07) is 70.8. The Morgan fingerprint density at radius 1 is 0.333 bits per heavy atom. The molecule has 0 saturated carbocycles. The molecule has 0 spiro atoms. The van der Waals surface area contributed by atoms with Crippen molar-refractivity contribution >= 4 is 71.2 Å². The minimum absolute atomic E-state index is 0.570. The molecular formula is C53H33N7. The molecule has 0 bridgehead atoms. The Labute approximate surface area is 343 Å². The van der Waals surface area contributed by atoms with Crippen molar-refractivity contribution in [2.45, 2.75) is 0 Å². The van der Waals surface area contributed by atoms with Gasteiger partial charge in [0.2, 0.25) is 5.95 Å². The summed E-state index contributed by atoms with van der Waals surface area (Å²) >= 11 is 0. The zero-order valence-electron chi connectivity index (χ0n) is 32.2. The van der Waals surface area contributed by atoms with Gasteiger partial charge in [-0.3, -0.25) is 13.5 Å². The Kier molecular flexibility index (Phi) is 6.88. The molecule has 0 radical (unpaired) electrons. The van der Waals surface area contributed by atoms with Crippen LogP contribution in [0.3, 0.4) is 0 Å². The van der Waals surface area contributed by atoms with Crippen LogP contribution in [0.15, 0.2) is 200 Å². The van der Waals surface area contributed by atoms with Crippen LogP contribution in [0.4, 0.5) is 0 Å². The van der Waals surface area contributed by atoms with Gasteiger partial charge in [0, 0.05) is 49.4 Å². The molecule has 60 heavy (non-hydrogen) atoms. The fourth-order valence-electron chi connectivity index (χ4n) is 9.46. The van der Waals surface area contributed by atoms with Gasteiger partial charge < -0.3 is 4.57 Å². The van der Waals surface area contributed by atoms with Gasteiger partial charge in [-0.05, 0) is 60.7 Å². The molecular weight excluding hydrogens is 735 g/mol. The molecule has 0 atom stereocenters. The molecule has 0 aliphatic rings. The van der Waals surface area contributed by atoms with Crippen molar-refractivity contribution in [2.75, 3.05) is 0 Å². The predicted molar refractivity (Wildman–Crippen MR) is 245 cm³/mol. The van der Waals surface area contributed by atoms with Gasteiger partial charge in [-0.25, -0.2) is 4.98 Å². The van der Waals surface area contributed by atoms with Crippen molar-refractivity contribution in [3.63, 3.8) is 0 Å².